The lowest BCUT2D eigenvalue weighted by molar-refractivity contribution is 1.42. The van der Waals surface area contributed by atoms with Crippen LogP contribution in [0.1, 0.15) is 0 Å². The molecule has 0 fully saturated rings. The van der Waals surface area contributed by atoms with E-state index in [0.29, 0.717) is 0 Å². The lowest BCUT2D eigenvalue weighted by atomic mass is 10.1. The zero-order valence-corrected chi connectivity index (χ0v) is 14.0. The Balaban J connectivity index is 0.00000140. The van der Waals surface area contributed by atoms with Crippen LogP contribution in [0.2, 0.25) is 0 Å². The van der Waals surface area contributed by atoms with Gasteiger partial charge >= 0.3 is 0 Å². The molecule has 25 heavy (non-hydrogen) atoms. The summed E-state index contributed by atoms with van der Waals surface area (Å²) in [6.07, 6.45) is 1.95. The Labute approximate surface area is 149 Å². The van der Waals surface area contributed by atoms with E-state index in [9.17, 15) is 0 Å². The molecule has 0 spiro atoms. The van der Waals surface area contributed by atoms with E-state index in [-0.39, 0.29) is 12.4 Å². The molecule has 3 heterocycles. The van der Waals surface area contributed by atoms with Gasteiger partial charge < -0.3 is 9.97 Å². The average molecular weight is 344 g/mol. The molecule has 6 rings (SSSR count). The van der Waals surface area contributed by atoms with Crippen molar-refractivity contribution in [3.63, 3.8) is 0 Å². The Kier molecular flexibility index (Phi) is 2.85. The van der Waals surface area contributed by atoms with Crippen molar-refractivity contribution < 1.29 is 0 Å². The molecule has 0 aliphatic rings. The van der Waals surface area contributed by atoms with E-state index in [1.165, 1.54) is 26.9 Å². The Bertz CT molecular complexity index is 1400. The zero-order chi connectivity index (χ0) is 15.7. The fraction of sp³-hybridized carbons (Fsp3) is 0. The standard InChI is InChI=1S/C21H13N3.ClH/c1-2-6-13-12(5-1)9-10-16-18(13)20-21(24-16)19-14-7-3-4-8-15(14)23-17(19)11-22-20;/h1-11,23-24H;1H. The molecule has 0 saturated carbocycles. The predicted octanol–water partition coefficient (Wildman–Crippen LogP) is 5.93. The first-order chi connectivity index (χ1) is 11.9. The van der Waals surface area contributed by atoms with Crippen molar-refractivity contribution >= 4 is 66.9 Å². The first-order valence-electron chi connectivity index (χ1n) is 8.09. The van der Waals surface area contributed by atoms with Crippen LogP contribution in [0.3, 0.4) is 0 Å². The van der Waals surface area contributed by atoms with Crippen molar-refractivity contribution in [2.75, 3.05) is 0 Å². The van der Waals surface area contributed by atoms with Crippen molar-refractivity contribution in [1.29, 1.82) is 0 Å². The number of aromatic nitrogens is 3. The SMILES string of the molecule is Cl.c1ccc2c(c1)ccc1[nH]c3c(ncc4[nH]c5ccccc5c43)c12. The second-order valence-electron chi connectivity index (χ2n) is 6.28. The van der Waals surface area contributed by atoms with Gasteiger partial charge in [-0.05, 0) is 22.9 Å². The molecule has 3 nitrogen and oxygen atoms in total. The van der Waals surface area contributed by atoms with Crippen LogP contribution >= 0.6 is 12.4 Å². The van der Waals surface area contributed by atoms with Crippen LogP contribution in [0.15, 0.2) is 66.9 Å². The second-order valence-corrected chi connectivity index (χ2v) is 6.28. The average Bonchev–Trinajstić information content (AvgIpc) is 3.19. The van der Waals surface area contributed by atoms with Crippen LogP contribution in [0.5, 0.6) is 0 Å². The molecule has 0 unspecified atom stereocenters. The van der Waals surface area contributed by atoms with E-state index in [0.717, 1.165) is 27.6 Å². The highest BCUT2D eigenvalue weighted by Crippen LogP contribution is 2.36. The quantitative estimate of drug-likeness (QED) is 0.353. The van der Waals surface area contributed by atoms with E-state index in [2.05, 4.69) is 70.6 Å². The van der Waals surface area contributed by atoms with E-state index in [4.69, 9.17) is 4.98 Å². The fourth-order valence-electron chi connectivity index (χ4n) is 3.92. The van der Waals surface area contributed by atoms with Crippen LogP contribution in [0.4, 0.5) is 0 Å². The summed E-state index contributed by atoms with van der Waals surface area (Å²) in [6.45, 7) is 0. The molecule has 0 radical (unpaired) electrons. The number of aromatic amines is 2. The first kappa shape index (κ1) is 14.3. The van der Waals surface area contributed by atoms with Gasteiger partial charge in [0.2, 0.25) is 0 Å². The Morgan fingerprint density at radius 1 is 0.640 bits per heavy atom. The number of benzene rings is 3. The zero-order valence-electron chi connectivity index (χ0n) is 13.2. The number of hydrogen-bond acceptors (Lipinski definition) is 1. The molecule has 0 amide bonds. The summed E-state index contributed by atoms with van der Waals surface area (Å²) in [5, 5.41) is 6.14. The minimum Gasteiger partial charge on any atom is -0.353 e. The van der Waals surface area contributed by atoms with Crippen LogP contribution in [0.25, 0.3) is 54.5 Å². The van der Waals surface area contributed by atoms with E-state index in [1.807, 2.05) is 6.20 Å². The minimum atomic E-state index is 0. The van der Waals surface area contributed by atoms with Crippen molar-refractivity contribution in [2.45, 2.75) is 0 Å². The van der Waals surface area contributed by atoms with E-state index in [1.54, 1.807) is 0 Å². The van der Waals surface area contributed by atoms with Gasteiger partial charge in [0.05, 0.1) is 22.7 Å². The molecule has 2 N–H and O–H groups in total. The molecule has 0 bridgehead atoms. The topological polar surface area (TPSA) is 44.5 Å². The molecule has 0 aliphatic carbocycles. The lowest BCUT2D eigenvalue weighted by Crippen LogP contribution is -1.78. The van der Waals surface area contributed by atoms with Gasteiger partial charge in [-0.3, -0.25) is 4.98 Å². The van der Waals surface area contributed by atoms with Gasteiger partial charge in [0.1, 0.15) is 0 Å². The summed E-state index contributed by atoms with van der Waals surface area (Å²) >= 11 is 0. The van der Waals surface area contributed by atoms with Gasteiger partial charge in [-0.1, -0.05) is 48.5 Å². The number of fused-ring (bicyclic) bond motifs is 9. The summed E-state index contributed by atoms with van der Waals surface area (Å²) < 4.78 is 0. The molecule has 0 saturated heterocycles. The Morgan fingerprint density at radius 2 is 1.44 bits per heavy atom. The third kappa shape index (κ3) is 1.79. The number of nitrogens with one attached hydrogen (secondary N) is 2. The van der Waals surface area contributed by atoms with Gasteiger partial charge in [-0.2, -0.15) is 0 Å². The molecule has 120 valence electrons. The fourth-order valence-corrected chi connectivity index (χ4v) is 3.92. The van der Waals surface area contributed by atoms with Crippen molar-refractivity contribution in [2.24, 2.45) is 0 Å². The number of H-pyrrole nitrogens is 2. The van der Waals surface area contributed by atoms with Crippen molar-refractivity contribution in [3.05, 3.63) is 66.9 Å². The normalized spacial score (nSPS) is 11.7. The van der Waals surface area contributed by atoms with Gasteiger partial charge in [0.15, 0.2) is 0 Å². The maximum atomic E-state index is 4.78. The van der Waals surface area contributed by atoms with E-state index >= 15 is 0 Å². The Morgan fingerprint density at radius 3 is 2.36 bits per heavy atom. The highest BCUT2D eigenvalue weighted by Gasteiger charge is 2.14. The number of nitrogens with zero attached hydrogens (tertiary/aromatic N) is 1. The highest BCUT2D eigenvalue weighted by atomic mass is 35.5. The molecule has 6 aromatic rings. The summed E-state index contributed by atoms with van der Waals surface area (Å²) in [5.41, 5.74) is 5.49. The van der Waals surface area contributed by atoms with Gasteiger partial charge in [-0.25, -0.2) is 0 Å². The predicted molar refractivity (Wildman–Crippen MR) is 108 cm³/mol. The van der Waals surface area contributed by atoms with Gasteiger partial charge in [0, 0.05) is 27.2 Å². The van der Waals surface area contributed by atoms with Gasteiger partial charge in [0.25, 0.3) is 0 Å². The molecule has 0 aliphatic heterocycles. The summed E-state index contributed by atoms with van der Waals surface area (Å²) in [7, 11) is 0. The third-order valence-corrected chi connectivity index (χ3v) is 4.97. The molecule has 3 aromatic carbocycles. The van der Waals surface area contributed by atoms with Crippen LogP contribution in [-0.2, 0) is 0 Å². The first-order valence-corrected chi connectivity index (χ1v) is 8.09. The smallest absolute Gasteiger partial charge is 0.0971 e. The molecular weight excluding hydrogens is 330 g/mol. The molecule has 4 heteroatoms. The lowest BCUT2D eigenvalue weighted by Gasteiger charge is -1.99. The largest absolute Gasteiger partial charge is 0.353 e. The summed E-state index contributed by atoms with van der Waals surface area (Å²) in [5.74, 6) is 0. The van der Waals surface area contributed by atoms with Crippen LogP contribution < -0.4 is 0 Å². The third-order valence-electron chi connectivity index (χ3n) is 4.97. The minimum absolute atomic E-state index is 0. The number of pyridine rings is 1. The number of para-hydroxylation sites is 1. The number of rotatable bonds is 0. The molecular formula is C21H14ClN3. The summed E-state index contributed by atoms with van der Waals surface area (Å²) in [4.78, 5) is 11.9. The maximum absolute atomic E-state index is 4.78. The molecule has 0 atom stereocenters. The monoisotopic (exact) mass is 343 g/mol. The van der Waals surface area contributed by atoms with Crippen molar-refractivity contribution in [1.82, 2.24) is 15.0 Å². The van der Waals surface area contributed by atoms with Gasteiger partial charge in [-0.15, -0.1) is 12.4 Å². The maximum Gasteiger partial charge on any atom is 0.0971 e. The van der Waals surface area contributed by atoms with Crippen LogP contribution in [0, 0.1) is 0 Å². The Hall–Kier alpha value is -3.04. The number of halogens is 1. The van der Waals surface area contributed by atoms with Crippen LogP contribution in [-0.4, -0.2) is 15.0 Å². The summed E-state index contributed by atoms with van der Waals surface area (Å²) in [6, 6.07) is 21.2. The second kappa shape index (κ2) is 4.98. The molecule has 3 aromatic heterocycles. The van der Waals surface area contributed by atoms with Crippen molar-refractivity contribution in [3.8, 4) is 0 Å². The van der Waals surface area contributed by atoms with E-state index < -0.39 is 0 Å². The highest BCUT2D eigenvalue weighted by molar-refractivity contribution is 6.27. The number of hydrogen-bond donors (Lipinski definition) is 2.